The third kappa shape index (κ3) is 5.08. The molecule has 1 saturated heterocycles. The molecular formula is C23H28N2O4. The Kier molecular flexibility index (Phi) is 6.02. The Labute approximate surface area is 171 Å². The number of amides is 1. The normalized spacial score (nSPS) is 21.6. The van der Waals surface area contributed by atoms with E-state index in [0.29, 0.717) is 25.3 Å². The first-order valence-electron chi connectivity index (χ1n) is 10.2. The molecule has 2 heterocycles. The van der Waals surface area contributed by atoms with Crippen LogP contribution < -0.4 is 14.8 Å². The molecule has 2 aromatic carbocycles. The molecule has 0 aromatic heterocycles. The molecule has 154 valence electrons. The number of morpholine rings is 1. The first kappa shape index (κ1) is 19.7. The van der Waals surface area contributed by atoms with Gasteiger partial charge in [-0.15, -0.1) is 0 Å². The lowest BCUT2D eigenvalue weighted by atomic mass is 10.1. The second kappa shape index (κ2) is 8.84. The molecular weight excluding hydrogens is 368 g/mol. The summed E-state index contributed by atoms with van der Waals surface area (Å²) in [6.45, 7) is 8.53. The Morgan fingerprint density at radius 1 is 0.966 bits per heavy atom. The highest BCUT2D eigenvalue weighted by atomic mass is 16.6. The molecule has 29 heavy (non-hydrogen) atoms. The van der Waals surface area contributed by atoms with Crippen LogP contribution >= 0.6 is 0 Å². The van der Waals surface area contributed by atoms with Crippen molar-refractivity contribution in [2.75, 3.05) is 26.3 Å². The van der Waals surface area contributed by atoms with E-state index in [2.05, 4.69) is 24.1 Å². The summed E-state index contributed by atoms with van der Waals surface area (Å²) >= 11 is 0. The van der Waals surface area contributed by atoms with Gasteiger partial charge in [0.25, 0.3) is 5.91 Å². The number of hydrogen-bond acceptors (Lipinski definition) is 5. The number of carbonyl (C=O) groups excluding carboxylic acids is 1. The summed E-state index contributed by atoms with van der Waals surface area (Å²) in [7, 11) is 0. The van der Waals surface area contributed by atoms with Crippen molar-refractivity contribution in [3.63, 3.8) is 0 Å². The third-order valence-corrected chi connectivity index (χ3v) is 5.18. The first-order valence-corrected chi connectivity index (χ1v) is 10.2. The molecule has 0 radical (unpaired) electrons. The van der Waals surface area contributed by atoms with E-state index in [-0.39, 0.29) is 18.1 Å². The van der Waals surface area contributed by atoms with Gasteiger partial charge in [0.15, 0.2) is 11.5 Å². The van der Waals surface area contributed by atoms with Crippen LogP contribution in [0, 0.1) is 0 Å². The summed E-state index contributed by atoms with van der Waals surface area (Å²) in [5, 5.41) is 2.97. The van der Waals surface area contributed by atoms with E-state index in [1.165, 1.54) is 5.56 Å². The molecule has 2 aromatic rings. The van der Waals surface area contributed by atoms with Crippen molar-refractivity contribution >= 4 is 5.91 Å². The van der Waals surface area contributed by atoms with Crippen LogP contribution in [0.4, 0.5) is 0 Å². The lowest BCUT2D eigenvalue weighted by Crippen LogP contribution is -2.44. The van der Waals surface area contributed by atoms with Gasteiger partial charge in [0.2, 0.25) is 0 Å². The minimum atomic E-state index is -0.0833. The maximum atomic E-state index is 12.5. The fourth-order valence-electron chi connectivity index (χ4n) is 3.92. The van der Waals surface area contributed by atoms with Crippen LogP contribution in [0.3, 0.4) is 0 Å². The summed E-state index contributed by atoms with van der Waals surface area (Å²) in [4.78, 5) is 14.9. The topological polar surface area (TPSA) is 60.0 Å². The summed E-state index contributed by atoms with van der Waals surface area (Å²) in [5.41, 5.74) is 2.85. The molecule has 2 aliphatic rings. The fraction of sp³-hybridized carbons (Fsp3) is 0.435. The molecule has 6 heteroatoms. The van der Waals surface area contributed by atoms with Crippen molar-refractivity contribution in [3.8, 4) is 11.5 Å². The molecule has 0 saturated carbocycles. The molecule has 6 nitrogen and oxygen atoms in total. The van der Waals surface area contributed by atoms with Gasteiger partial charge in [0, 0.05) is 31.7 Å². The van der Waals surface area contributed by atoms with Crippen LogP contribution in [-0.4, -0.2) is 49.3 Å². The van der Waals surface area contributed by atoms with E-state index in [1.54, 1.807) is 0 Å². The minimum absolute atomic E-state index is 0.0833. The van der Waals surface area contributed by atoms with Gasteiger partial charge in [-0.05, 0) is 49.2 Å². The number of benzene rings is 2. The highest BCUT2D eigenvalue weighted by Gasteiger charge is 2.22. The maximum Gasteiger partial charge on any atom is 0.251 e. The minimum Gasteiger partial charge on any atom is -0.486 e. The van der Waals surface area contributed by atoms with Crippen LogP contribution in [0.1, 0.15) is 35.3 Å². The zero-order valence-corrected chi connectivity index (χ0v) is 17.0. The Morgan fingerprint density at radius 3 is 2.34 bits per heavy atom. The van der Waals surface area contributed by atoms with Crippen LogP contribution in [0.2, 0.25) is 0 Å². The Hall–Kier alpha value is -2.57. The molecule has 0 bridgehead atoms. The van der Waals surface area contributed by atoms with E-state index in [0.717, 1.165) is 36.7 Å². The summed E-state index contributed by atoms with van der Waals surface area (Å²) in [6.07, 6.45) is 0.508. The maximum absolute atomic E-state index is 12.5. The predicted molar refractivity (Wildman–Crippen MR) is 110 cm³/mol. The van der Waals surface area contributed by atoms with Crippen LogP contribution in [0.15, 0.2) is 42.5 Å². The molecule has 1 fully saturated rings. The molecule has 4 rings (SSSR count). The average molecular weight is 396 g/mol. The van der Waals surface area contributed by atoms with Gasteiger partial charge in [-0.3, -0.25) is 9.69 Å². The smallest absolute Gasteiger partial charge is 0.251 e. The second-order valence-electron chi connectivity index (χ2n) is 7.81. The van der Waals surface area contributed by atoms with Gasteiger partial charge in [-0.25, -0.2) is 0 Å². The van der Waals surface area contributed by atoms with E-state index in [9.17, 15) is 4.79 Å². The van der Waals surface area contributed by atoms with Gasteiger partial charge in [-0.1, -0.05) is 18.2 Å². The van der Waals surface area contributed by atoms with Crippen molar-refractivity contribution in [1.29, 1.82) is 0 Å². The number of fused-ring (bicyclic) bond motifs is 1. The largest absolute Gasteiger partial charge is 0.486 e. The second-order valence-corrected chi connectivity index (χ2v) is 7.81. The van der Waals surface area contributed by atoms with E-state index in [4.69, 9.17) is 14.2 Å². The highest BCUT2D eigenvalue weighted by Crippen LogP contribution is 2.30. The third-order valence-electron chi connectivity index (χ3n) is 5.18. The van der Waals surface area contributed by atoms with Gasteiger partial charge < -0.3 is 19.5 Å². The lowest BCUT2D eigenvalue weighted by Gasteiger charge is -2.35. The number of hydrogen-bond donors (Lipinski definition) is 1. The molecule has 1 N–H and O–H groups in total. The SMILES string of the molecule is C[C@@H]1CN(Cc2ccc(C(=O)NCc3ccc4c(c3)OCCO4)cc2)C[C@H](C)O1. The summed E-state index contributed by atoms with van der Waals surface area (Å²) < 4.78 is 16.9. The summed E-state index contributed by atoms with van der Waals surface area (Å²) in [5.74, 6) is 1.41. The fourth-order valence-corrected chi connectivity index (χ4v) is 3.92. The number of nitrogens with one attached hydrogen (secondary N) is 1. The van der Waals surface area contributed by atoms with E-state index >= 15 is 0 Å². The standard InChI is InChI=1S/C23H28N2O4/c1-16-13-25(14-17(2)29-16)15-18-3-6-20(7-4-18)23(26)24-12-19-5-8-21-22(11-19)28-10-9-27-21/h3-8,11,16-17H,9-10,12-15H2,1-2H3,(H,24,26)/t16-,17+. The number of nitrogens with zero attached hydrogens (tertiary/aromatic N) is 1. The van der Waals surface area contributed by atoms with Crippen LogP contribution in [-0.2, 0) is 17.8 Å². The summed E-state index contributed by atoms with van der Waals surface area (Å²) in [6, 6.07) is 13.6. The van der Waals surface area contributed by atoms with E-state index < -0.39 is 0 Å². The van der Waals surface area contributed by atoms with E-state index in [1.807, 2.05) is 42.5 Å². The quantitative estimate of drug-likeness (QED) is 0.842. The molecule has 1 amide bonds. The average Bonchev–Trinajstić information content (AvgIpc) is 2.71. The predicted octanol–water partition coefficient (Wildman–Crippen LogP) is 3.00. The van der Waals surface area contributed by atoms with Crippen molar-refractivity contribution in [2.24, 2.45) is 0 Å². The number of ether oxygens (including phenoxy) is 3. The van der Waals surface area contributed by atoms with Crippen LogP contribution in [0.5, 0.6) is 11.5 Å². The first-order chi connectivity index (χ1) is 14.1. The zero-order valence-electron chi connectivity index (χ0n) is 17.0. The molecule has 2 atom stereocenters. The van der Waals surface area contributed by atoms with Crippen molar-refractivity contribution < 1.29 is 19.0 Å². The number of carbonyl (C=O) groups is 1. The number of rotatable bonds is 5. The Bertz CT molecular complexity index is 842. The van der Waals surface area contributed by atoms with Gasteiger partial charge in [0.1, 0.15) is 13.2 Å². The highest BCUT2D eigenvalue weighted by molar-refractivity contribution is 5.94. The van der Waals surface area contributed by atoms with Gasteiger partial charge in [-0.2, -0.15) is 0 Å². The monoisotopic (exact) mass is 396 g/mol. The Balaban J connectivity index is 1.31. The van der Waals surface area contributed by atoms with Crippen molar-refractivity contribution in [3.05, 3.63) is 59.2 Å². The Morgan fingerprint density at radius 2 is 1.62 bits per heavy atom. The molecule has 0 unspecified atom stereocenters. The molecule has 2 aliphatic heterocycles. The van der Waals surface area contributed by atoms with Gasteiger partial charge in [0.05, 0.1) is 12.2 Å². The van der Waals surface area contributed by atoms with Gasteiger partial charge >= 0.3 is 0 Å². The van der Waals surface area contributed by atoms with Crippen molar-refractivity contribution in [1.82, 2.24) is 10.2 Å². The lowest BCUT2D eigenvalue weighted by molar-refractivity contribution is -0.0704. The van der Waals surface area contributed by atoms with Crippen molar-refractivity contribution in [2.45, 2.75) is 39.1 Å². The molecule has 0 spiro atoms. The zero-order chi connectivity index (χ0) is 20.2. The molecule has 0 aliphatic carbocycles. The van der Waals surface area contributed by atoms with Crippen LogP contribution in [0.25, 0.3) is 0 Å².